The SMILES string of the molecule is c1ccc(-c2cc(-c3ccc4c(c3)C3(c5ccccc5-c5ccccc53)c3ccccc3-4)nc(-n3c4ccccc4oc4ccc5c(oc6ccccc6n5-c5ccccc5)c43)n2)cc1. The Morgan fingerprint density at radius 1 is 0.354 bits per heavy atom. The summed E-state index contributed by atoms with van der Waals surface area (Å²) in [4.78, 5) is 11.0. The maximum absolute atomic E-state index is 7.00. The van der Waals surface area contributed by atoms with E-state index in [0.717, 1.165) is 55.9 Å². The number of nitrogens with zero attached hydrogens (tertiary/aromatic N) is 4. The van der Waals surface area contributed by atoms with Crippen molar-refractivity contribution in [2.24, 2.45) is 0 Å². The molecule has 6 heteroatoms. The van der Waals surface area contributed by atoms with Gasteiger partial charge in [0.2, 0.25) is 5.95 Å². The molecule has 0 atom stereocenters. The molecule has 0 unspecified atom stereocenters. The Morgan fingerprint density at radius 2 is 0.877 bits per heavy atom. The van der Waals surface area contributed by atoms with E-state index in [2.05, 4.69) is 173 Å². The number of hydrogen-bond donors (Lipinski definition) is 0. The van der Waals surface area contributed by atoms with Crippen LogP contribution in [0.4, 0.5) is 0 Å². The van der Waals surface area contributed by atoms with Gasteiger partial charge in [0.15, 0.2) is 22.3 Å². The van der Waals surface area contributed by atoms with Gasteiger partial charge in [0.1, 0.15) is 5.52 Å². The molecular weight excluding hydrogens is 797 g/mol. The van der Waals surface area contributed by atoms with Gasteiger partial charge in [0.25, 0.3) is 0 Å². The first-order valence-corrected chi connectivity index (χ1v) is 22.0. The molecule has 2 aliphatic rings. The number of rotatable bonds is 4. The highest BCUT2D eigenvalue weighted by Gasteiger charge is 2.51. The number of aromatic nitrogens is 4. The minimum Gasteiger partial charge on any atom is -0.453 e. The summed E-state index contributed by atoms with van der Waals surface area (Å²) >= 11 is 0. The van der Waals surface area contributed by atoms with Crippen molar-refractivity contribution in [3.05, 3.63) is 241 Å². The van der Waals surface area contributed by atoms with Gasteiger partial charge in [-0.2, -0.15) is 0 Å². The Bertz CT molecular complexity index is 3900. The summed E-state index contributed by atoms with van der Waals surface area (Å²) in [6, 6.07) is 76.9. The second kappa shape index (κ2) is 13.6. The fourth-order valence-electron chi connectivity index (χ4n) is 10.8. The molecule has 0 amide bonds. The lowest BCUT2D eigenvalue weighted by Crippen LogP contribution is -2.25. The molecule has 0 saturated heterocycles. The average Bonchev–Trinajstić information content (AvgIpc) is 3.85. The van der Waals surface area contributed by atoms with E-state index in [0.29, 0.717) is 22.7 Å². The maximum Gasteiger partial charge on any atom is 0.236 e. The average molecular weight is 833 g/mol. The smallest absolute Gasteiger partial charge is 0.236 e. The number of hydrogen-bond acceptors (Lipinski definition) is 4. The molecule has 12 aromatic rings. The van der Waals surface area contributed by atoms with Gasteiger partial charge in [-0.05, 0) is 105 Å². The van der Waals surface area contributed by atoms with Crippen LogP contribution < -0.4 is 0 Å². The van der Waals surface area contributed by atoms with Crippen LogP contribution in [-0.2, 0) is 5.41 Å². The van der Waals surface area contributed by atoms with Crippen LogP contribution in [0.5, 0.6) is 0 Å². The van der Waals surface area contributed by atoms with Crippen molar-refractivity contribution < 1.29 is 8.83 Å². The van der Waals surface area contributed by atoms with Gasteiger partial charge in [-0.25, -0.2) is 9.97 Å². The lowest BCUT2D eigenvalue weighted by Gasteiger charge is -2.30. The highest BCUT2D eigenvalue weighted by Crippen LogP contribution is 2.63. The molecule has 14 rings (SSSR count). The lowest BCUT2D eigenvalue weighted by atomic mass is 9.70. The summed E-state index contributed by atoms with van der Waals surface area (Å²) in [6.07, 6.45) is 0. The molecule has 3 heterocycles. The maximum atomic E-state index is 7.00. The summed E-state index contributed by atoms with van der Waals surface area (Å²) in [5.41, 5.74) is 20.4. The highest BCUT2D eigenvalue weighted by molar-refractivity contribution is 6.04. The number of fused-ring (bicyclic) bond motifs is 15. The molecule has 0 bridgehead atoms. The Hall–Kier alpha value is -8.74. The third-order valence-electron chi connectivity index (χ3n) is 13.5. The topological polar surface area (TPSA) is 61.9 Å². The van der Waals surface area contributed by atoms with Crippen LogP contribution in [0.15, 0.2) is 227 Å². The molecule has 3 aromatic heterocycles. The van der Waals surface area contributed by atoms with Gasteiger partial charge in [-0.15, -0.1) is 0 Å². The molecular formula is C59H36N4O2. The zero-order chi connectivity index (χ0) is 42.6. The van der Waals surface area contributed by atoms with Crippen LogP contribution in [0.2, 0.25) is 0 Å². The third kappa shape index (κ3) is 5.05. The Morgan fingerprint density at radius 3 is 1.54 bits per heavy atom. The minimum atomic E-state index is -0.493. The lowest BCUT2D eigenvalue weighted by molar-refractivity contribution is 0.638. The summed E-state index contributed by atoms with van der Waals surface area (Å²) in [7, 11) is 0. The molecule has 2 aliphatic carbocycles. The first kappa shape index (κ1) is 35.8. The molecule has 304 valence electrons. The van der Waals surface area contributed by atoms with Crippen molar-refractivity contribution in [2.45, 2.75) is 5.41 Å². The van der Waals surface area contributed by atoms with E-state index >= 15 is 0 Å². The van der Waals surface area contributed by atoms with Gasteiger partial charge in [0, 0.05) is 16.8 Å². The Labute approximate surface area is 373 Å². The predicted molar refractivity (Wildman–Crippen MR) is 260 cm³/mol. The van der Waals surface area contributed by atoms with Crippen molar-refractivity contribution in [3.8, 4) is 56.4 Å². The molecule has 0 N–H and O–H groups in total. The zero-order valence-electron chi connectivity index (χ0n) is 34.9. The van der Waals surface area contributed by atoms with Gasteiger partial charge >= 0.3 is 0 Å². The van der Waals surface area contributed by atoms with Crippen molar-refractivity contribution >= 4 is 44.4 Å². The van der Waals surface area contributed by atoms with Crippen molar-refractivity contribution in [2.75, 3.05) is 0 Å². The summed E-state index contributed by atoms with van der Waals surface area (Å²) in [5, 5.41) is 0. The van der Waals surface area contributed by atoms with Crippen molar-refractivity contribution in [3.63, 3.8) is 0 Å². The van der Waals surface area contributed by atoms with Gasteiger partial charge in [0.05, 0.1) is 33.4 Å². The number of benzene rings is 9. The first-order chi connectivity index (χ1) is 32.2. The van der Waals surface area contributed by atoms with Gasteiger partial charge < -0.3 is 13.4 Å². The largest absolute Gasteiger partial charge is 0.453 e. The molecule has 9 aromatic carbocycles. The van der Waals surface area contributed by atoms with E-state index in [9.17, 15) is 0 Å². The second-order valence-corrected chi connectivity index (χ2v) is 16.9. The summed E-state index contributed by atoms with van der Waals surface area (Å²) in [6.45, 7) is 0. The molecule has 0 fully saturated rings. The molecule has 0 radical (unpaired) electrons. The zero-order valence-corrected chi connectivity index (χ0v) is 34.9. The van der Waals surface area contributed by atoms with Gasteiger partial charge in [-0.3, -0.25) is 4.57 Å². The fraction of sp³-hybridized carbons (Fsp3) is 0.0169. The normalized spacial score (nSPS) is 13.0. The van der Waals surface area contributed by atoms with E-state index < -0.39 is 5.41 Å². The van der Waals surface area contributed by atoms with Crippen molar-refractivity contribution in [1.29, 1.82) is 0 Å². The van der Waals surface area contributed by atoms with E-state index in [-0.39, 0.29) is 0 Å². The molecule has 6 nitrogen and oxygen atoms in total. The number of para-hydroxylation sites is 5. The monoisotopic (exact) mass is 832 g/mol. The Balaban J connectivity index is 1.08. The van der Waals surface area contributed by atoms with E-state index in [1.54, 1.807) is 0 Å². The molecule has 0 saturated carbocycles. The van der Waals surface area contributed by atoms with Crippen LogP contribution in [-0.4, -0.2) is 19.1 Å². The van der Waals surface area contributed by atoms with E-state index in [4.69, 9.17) is 18.8 Å². The predicted octanol–water partition coefficient (Wildman–Crippen LogP) is 14.7. The third-order valence-corrected chi connectivity index (χ3v) is 13.5. The molecule has 65 heavy (non-hydrogen) atoms. The fourth-order valence-corrected chi connectivity index (χ4v) is 10.8. The van der Waals surface area contributed by atoms with E-state index in [1.807, 2.05) is 54.6 Å². The summed E-state index contributed by atoms with van der Waals surface area (Å²) < 4.78 is 18.1. The summed E-state index contributed by atoms with van der Waals surface area (Å²) in [5.74, 6) is 0.496. The molecule has 1 spiro atoms. The van der Waals surface area contributed by atoms with E-state index in [1.165, 1.54) is 44.5 Å². The van der Waals surface area contributed by atoms with Gasteiger partial charge in [-0.1, -0.05) is 158 Å². The standard InChI is InChI=1S/C59H36N4O2/c1-3-17-37(18-4-1)48-36-49(38-31-32-43-42-23-9-12-26-46(42)59(47(43)35-38)44-24-10-7-21-40(44)41-22-8-11-25-45(41)59)61-58(60-48)63-51-28-14-15-29-53(51)64-55-34-33-52-57(56(55)63)65-54-30-16-13-27-50(54)62(52)39-19-5-2-6-20-39/h1-36H. The minimum absolute atomic E-state index is 0.493. The first-order valence-electron chi connectivity index (χ1n) is 22.0. The van der Waals surface area contributed by atoms with Crippen LogP contribution >= 0.6 is 0 Å². The van der Waals surface area contributed by atoms with Crippen molar-refractivity contribution in [1.82, 2.24) is 19.1 Å². The van der Waals surface area contributed by atoms with Crippen LogP contribution in [0.1, 0.15) is 22.3 Å². The van der Waals surface area contributed by atoms with Crippen LogP contribution in [0.3, 0.4) is 0 Å². The van der Waals surface area contributed by atoms with Crippen LogP contribution in [0.25, 0.3) is 101 Å². The Kier molecular flexibility index (Phi) is 7.51. The molecule has 0 aliphatic heterocycles. The second-order valence-electron chi connectivity index (χ2n) is 16.9. The van der Waals surface area contributed by atoms with Crippen LogP contribution in [0, 0.1) is 0 Å². The quantitative estimate of drug-likeness (QED) is 0.131. The highest BCUT2D eigenvalue weighted by atomic mass is 16.3.